The van der Waals surface area contributed by atoms with Crippen LogP contribution < -0.4 is 15.0 Å². The number of carbonyl (C=O) groups excluding carboxylic acids is 3. The SMILES string of the molecule is CCOc1cccc(N2C(=O)NC(=O)/C(=C\c3ccc(Sc4ccc(Cl)cc4)cc3)C2=O)c1. The number of rotatable bonds is 6. The number of nitrogens with one attached hydrogen (secondary N) is 1. The molecule has 1 saturated heterocycles. The molecule has 0 aliphatic carbocycles. The number of urea groups is 1. The zero-order valence-electron chi connectivity index (χ0n) is 17.6. The molecular weight excluding hydrogens is 460 g/mol. The summed E-state index contributed by atoms with van der Waals surface area (Å²) in [4.78, 5) is 40.9. The third-order valence-corrected chi connectivity index (χ3v) is 6.00. The quantitative estimate of drug-likeness (QED) is 0.371. The van der Waals surface area contributed by atoms with Crippen LogP contribution in [-0.4, -0.2) is 24.5 Å². The average molecular weight is 479 g/mol. The van der Waals surface area contributed by atoms with Crippen LogP contribution in [0.3, 0.4) is 0 Å². The second-order valence-corrected chi connectivity index (χ2v) is 8.60. The fraction of sp³-hybridized carbons (Fsp3) is 0.0800. The summed E-state index contributed by atoms with van der Waals surface area (Å²) in [7, 11) is 0. The zero-order chi connectivity index (χ0) is 23.4. The Kier molecular flexibility index (Phi) is 6.82. The van der Waals surface area contributed by atoms with Gasteiger partial charge in [-0.1, -0.05) is 41.6 Å². The lowest BCUT2D eigenvalue weighted by molar-refractivity contribution is -0.122. The summed E-state index contributed by atoms with van der Waals surface area (Å²) >= 11 is 7.49. The summed E-state index contributed by atoms with van der Waals surface area (Å²) in [6, 6.07) is 20.7. The maximum absolute atomic E-state index is 13.1. The minimum Gasteiger partial charge on any atom is -0.494 e. The van der Waals surface area contributed by atoms with Crippen molar-refractivity contribution in [2.45, 2.75) is 16.7 Å². The molecule has 0 spiro atoms. The van der Waals surface area contributed by atoms with Crippen molar-refractivity contribution >= 4 is 53.0 Å². The summed E-state index contributed by atoms with van der Waals surface area (Å²) in [5, 5.41) is 2.91. The molecule has 1 aliphatic rings. The van der Waals surface area contributed by atoms with Crippen molar-refractivity contribution in [1.82, 2.24) is 5.32 Å². The Bertz CT molecular complexity index is 1240. The molecule has 0 atom stereocenters. The number of halogens is 1. The van der Waals surface area contributed by atoms with Gasteiger partial charge in [-0.3, -0.25) is 14.9 Å². The molecular formula is C25H19ClN2O4S. The highest BCUT2D eigenvalue weighted by Gasteiger charge is 2.36. The third kappa shape index (κ3) is 5.27. The van der Waals surface area contributed by atoms with Crippen molar-refractivity contribution in [3.8, 4) is 5.75 Å². The number of imide groups is 2. The van der Waals surface area contributed by atoms with Crippen LogP contribution in [0.15, 0.2) is 88.2 Å². The first-order chi connectivity index (χ1) is 15.9. The fourth-order valence-corrected chi connectivity index (χ4v) is 4.15. The lowest BCUT2D eigenvalue weighted by Gasteiger charge is -2.26. The predicted octanol–water partition coefficient (Wildman–Crippen LogP) is 5.56. The maximum atomic E-state index is 13.1. The van der Waals surface area contributed by atoms with E-state index in [-0.39, 0.29) is 5.57 Å². The molecule has 6 nitrogen and oxygen atoms in total. The number of benzene rings is 3. The number of barbiturate groups is 1. The lowest BCUT2D eigenvalue weighted by atomic mass is 10.1. The van der Waals surface area contributed by atoms with Crippen LogP contribution in [0.5, 0.6) is 5.75 Å². The maximum Gasteiger partial charge on any atom is 0.335 e. The van der Waals surface area contributed by atoms with Gasteiger partial charge in [-0.15, -0.1) is 0 Å². The van der Waals surface area contributed by atoms with Crippen molar-refractivity contribution in [3.05, 3.63) is 89.0 Å². The second-order valence-electron chi connectivity index (χ2n) is 7.01. The van der Waals surface area contributed by atoms with E-state index in [9.17, 15) is 14.4 Å². The molecule has 1 heterocycles. The van der Waals surface area contributed by atoms with E-state index in [4.69, 9.17) is 16.3 Å². The van der Waals surface area contributed by atoms with Crippen molar-refractivity contribution in [3.63, 3.8) is 0 Å². The first kappa shape index (κ1) is 22.6. The molecule has 0 saturated carbocycles. The molecule has 0 radical (unpaired) electrons. The average Bonchev–Trinajstić information content (AvgIpc) is 2.80. The van der Waals surface area contributed by atoms with Crippen LogP contribution in [0.1, 0.15) is 12.5 Å². The Morgan fingerprint density at radius 3 is 2.30 bits per heavy atom. The first-order valence-corrected chi connectivity index (χ1v) is 11.3. The summed E-state index contributed by atoms with van der Waals surface area (Å²) < 4.78 is 5.45. The van der Waals surface area contributed by atoms with Crippen LogP contribution in [0.4, 0.5) is 10.5 Å². The molecule has 4 rings (SSSR count). The van der Waals surface area contributed by atoms with E-state index in [0.29, 0.717) is 28.6 Å². The van der Waals surface area contributed by atoms with E-state index < -0.39 is 17.8 Å². The number of amides is 4. The van der Waals surface area contributed by atoms with E-state index in [0.717, 1.165) is 14.7 Å². The molecule has 33 heavy (non-hydrogen) atoms. The van der Waals surface area contributed by atoms with E-state index in [2.05, 4.69) is 5.32 Å². The summed E-state index contributed by atoms with van der Waals surface area (Å²) in [5.41, 5.74) is 0.845. The van der Waals surface area contributed by atoms with Gasteiger partial charge in [0.05, 0.1) is 12.3 Å². The van der Waals surface area contributed by atoms with Crippen LogP contribution >= 0.6 is 23.4 Å². The minimum absolute atomic E-state index is 0.130. The number of ether oxygens (including phenoxy) is 1. The van der Waals surface area contributed by atoms with Gasteiger partial charge in [-0.25, -0.2) is 9.69 Å². The fourth-order valence-electron chi connectivity index (χ4n) is 3.21. The van der Waals surface area contributed by atoms with Crippen LogP contribution in [0.2, 0.25) is 5.02 Å². The standard InChI is InChI=1S/C25H19ClN2O4S/c1-2-32-19-5-3-4-18(15-19)28-24(30)22(23(29)27-25(28)31)14-16-6-10-20(11-7-16)33-21-12-8-17(26)9-13-21/h3-15H,2H2,1H3,(H,27,29,31)/b22-14+. The third-order valence-electron chi connectivity index (χ3n) is 4.73. The normalized spacial score (nSPS) is 15.0. The van der Waals surface area contributed by atoms with Crippen LogP contribution in [-0.2, 0) is 9.59 Å². The van der Waals surface area contributed by atoms with Gasteiger partial charge < -0.3 is 4.74 Å². The van der Waals surface area contributed by atoms with Gasteiger partial charge in [-0.05, 0) is 67.1 Å². The summed E-state index contributed by atoms with van der Waals surface area (Å²) in [6.45, 7) is 2.28. The van der Waals surface area contributed by atoms with Gasteiger partial charge in [0, 0.05) is 20.9 Å². The molecule has 8 heteroatoms. The molecule has 0 aromatic heterocycles. The van der Waals surface area contributed by atoms with Gasteiger partial charge in [0.15, 0.2) is 0 Å². The number of hydrogen-bond donors (Lipinski definition) is 1. The number of hydrogen-bond acceptors (Lipinski definition) is 5. The Morgan fingerprint density at radius 1 is 0.970 bits per heavy atom. The molecule has 0 bridgehead atoms. The van der Waals surface area contributed by atoms with Crippen LogP contribution in [0, 0.1) is 0 Å². The van der Waals surface area contributed by atoms with Crippen molar-refractivity contribution < 1.29 is 19.1 Å². The largest absolute Gasteiger partial charge is 0.494 e. The smallest absolute Gasteiger partial charge is 0.335 e. The van der Waals surface area contributed by atoms with Gasteiger partial charge in [0.25, 0.3) is 11.8 Å². The van der Waals surface area contributed by atoms with E-state index in [1.165, 1.54) is 6.08 Å². The van der Waals surface area contributed by atoms with Crippen LogP contribution in [0.25, 0.3) is 6.08 Å². The number of anilines is 1. The van der Waals surface area contributed by atoms with Crippen molar-refractivity contribution in [1.29, 1.82) is 0 Å². The first-order valence-electron chi connectivity index (χ1n) is 10.1. The molecule has 3 aromatic carbocycles. The zero-order valence-corrected chi connectivity index (χ0v) is 19.2. The number of nitrogens with zero attached hydrogens (tertiary/aromatic N) is 1. The molecule has 0 unspecified atom stereocenters. The van der Waals surface area contributed by atoms with Gasteiger partial charge in [-0.2, -0.15) is 0 Å². The monoisotopic (exact) mass is 478 g/mol. The highest BCUT2D eigenvalue weighted by molar-refractivity contribution is 7.99. The summed E-state index contributed by atoms with van der Waals surface area (Å²) in [5.74, 6) is -0.911. The predicted molar refractivity (Wildman–Crippen MR) is 129 cm³/mol. The Labute approximate surface area is 200 Å². The minimum atomic E-state index is -0.800. The lowest BCUT2D eigenvalue weighted by Crippen LogP contribution is -2.54. The molecule has 1 fully saturated rings. The molecule has 166 valence electrons. The van der Waals surface area contributed by atoms with Gasteiger partial charge in [0.1, 0.15) is 11.3 Å². The van der Waals surface area contributed by atoms with Gasteiger partial charge >= 0.3 is 6.03 Å². The molecule has 1 aliphatic heterocycles. The molecule has 3 aromatic rings. The molecule has 1 N–H and O–H groups in total. The van der Waals surface area contributed by atoms with E-state index in [1.54, 1.807) is 36.0 Å². The molecule has 4 amide bonds. The topological polar surface area (TPSA) is 75.7 Å². The van der Waals surface area contributed by atoms with Crippen molar-refractivity contribution in [2.75, 3.05) is 11.5 Å². The van der Waals surface area contributed by atoms with E-state index >= 15 is 0 Å². The highest BCUT2D eigenvalue weighted by Crippen LogP contribution is 2.30. The highest BCUT2D eigenvalue weighted by atomic mass is 35.5. The Morgan fingerprint density at radius 2 is 1.64 bits per heavy atom. The Hall–Kier alpha value is -3.55. The number of carbonyl (C=O) groups is 3. The van der Waals surface area contributed by atoms with Gasteiger partial charge in [0.2, 0.25) is 0 Å². The Balaban J connectivity index is 1.57. The van der Waals surface area contributed by atoms with Crippen molar-refractivity contribution in [2.24, 2.45) is 0 Å². The summed E-state index contributed by atoms with van der Waals surface area (Å²) in [6.07, 6.45) is 1.47. The second kappa shape index (κ2) is 9.94. The van der Waals surface area contributed by atoms with E-state index in [1.807, 2.05) is 55.5 Å².